The van der Waals surface area contributed by atoms with Crippen molar-refractivity contribution in [1.82, 2.24) is 9.55 Å². The molecule has 0 bridgehead atoms. The number of nitrogens with two attached hydrogens (primary N) is 1. The molecule has 0 aliphatic rings. The number of nitrogens with zero attached hydrogens (tertiary/aromatic N) is 2. The number of hydrogen-bond acceptors (Lipinski definition) is 5. The summed E-state index contributed by atoms with van der Waals surface area (Å²) in [6, 6.07) is 8.67. The second kappa shape index (κ2) is 6.78. The van der Waals surface area contributed by atoms with E-state index in [0.29, 0.717) is 0 Å². The minimum Gasteiger partial charge on any atom is -0.357 e. The van der Waals surface area contributed by atoms with Gasteiger partial charge in [0.05, 0.1) is 10.6 Å². The second-order valence-corrected chi connectivity index (χ2v) is 9.99. The molecule has 6 nitrogen and oxygen atoms in total. The van der Waals surface area contributed by atoms with E-state index in [9.17, 15) is 8.42 Å². The number of nitrogens with one attached hydrogen (secondary N) is 1. The number of rotatable bonds is 4. The molecule has 0 unspecified atom stereocenters. The molecular weight excluding hydrogens is 380 g/mol. The number of hydrogen-bond donors (Lipinski definition) is 2. The van der Waals surface area contributed by atoms with Crippen LogP contribution in [0.2, 0.25) is 0 Å². The van der Waals surface area contributed by atoms with Gasteiger partial charge in [-0.2, -0.15) is 0 Å². The van der Waals surface area contributed by atoms with Crippen molar-refractivity contribution < 1.29 is 8.42 Å². The van der Waals surface area contributed by atoms with Crippen LogP contribution < -0.4 is 10.5 Å². The van der Waals surface area contributed by atoms with E-state index in [1.807, 2.05) is 19.2 Å². The van der Waals surface area contributed by atoms with Crippen molar-refractivity contribution in [1.29, 1.82) is 0 Å². The average molecular weight is 405 g/mol. The fraction of sp³-hybridized carbons (Fsp3) is 0.316. The van der Waals surface area contributed by atoms with E-state index in [0.717, 1.165) is 33.5 Å². The highest BCUT2D eigenvalue weighted by Crippen LogP contribution is 2.32. The lowest BCUT2D eigenvalue weighted by atomic mass is 10.1. The SMILES string of the molecule is Cc1cc(-c2csc(NC(C)(C)C)n2)c(C)n1-c1ccc(S(N)(=O)=O)cc1. The number of aryl methyl sites for hydroxylation is 1. The molecule has 3 rings (SSSR count). The van der Waals surface area contributed by atoms with E-state index < -0.39 is 10.0 Å². The van der Waals surface area contributed by atoms with E-state index in [1.54, 1.807) is 23.5 Å². The van der Waals surface area contributed by atoms with E-state index in [2.05, 4.69) is 36.7 Å². The molecule has 0 aliphatic heterocycles. The van der Waals surface area contributed by atoms with Crippen LogP contribution in [0.4, 0.5) is 5.13 Å². The summed E-state index contributed by atoms with van der Waals surface area (Å²) in [7, 11) is -3.70. The molecule has 0 saturated carbocycles. The third-order valence-electron chi connectivity index (χ3n) is 4.12. The highest BCUT2D eigenvalue weighted by Gasteiger charge is 2.17. The number of anilines is 1. The lowest BCUT2D eigenvalue weighted by Crippen LogP contribution is -2.25. The van der Waals surface area contributed by atoms with Crippen LogP contribution in [-0.2, 0) is 10.0 Å². The Labute approximate surface area is 164 Å². The molecule has 0 radical (unpaired) electrons. The zero-order valence-electron chi connectivity index (χ0n) is 16.1. The molecule has 0 saturated heterocycles. The van der Waals surface area contributed by atoms with Crippen molar-refractivity contribution in [2.45, 2.75) is 45.1 Å². The molecular formula is C19H24N4O2S2. The summed E-state index contributed by atoms with van der Waals surface area (Å²) in [5.41, 5.74) is 4.91. The third kappa shape index (κ3) is 4.23. The average Bonchev–Trinajstić information content (AvgIpc) is 3.09. The van der Waals surface area contributed by atoms with Gasteiger partial charge in [0.25, 0.3) is 0 Å². The smallest absolute Gasteiger partial charge is 0.238 e. The summed E-state index contributed by atoms with van der Waals surface area (Å²) in [4.78, 5) is 4.82. The normalized spacial score (nSPS) is 12.4. The topological polar surface area (TPSA) is 90.0 Å². The van der Waals surface area contributed by atoms with Crippen LogP contribution in [0, 0.1) is 13.8 Å². The molecule has 0 amide bonds. The predicted molar refractivity (Wildman–Crippen MR) is 111 cm³/mol. The Hall–Kier alpha value is -2.16. The van der Waals surface area contributed by atoms with E-state index in [-0.39, 0.29) is 10.4 Å². The van der Waals surface area contributed by atoms with Crippen LogP contribution in [0.5, 0.6) is 0 Å². The van der Waals surface area contributed by atoms with Crippen molar-refractivity contribution >= 4 is 26.5 Å². The molecule has 2 aromatic heterocycles. The fourth-order valence-electron chi connectivity index (χ4n) is 2.98. The first-order chi connectivity index (χ1) is 12.5. The maximum absolute atomic E-state index is 11.5. The Balaban J connectivity index is 1.98. The minimum absolute atomic E-state index is 0.0446. The van der Waals surface area contributed by atoms with Gasteiger partial charge < -0.3 is 9.88 Å². The van der Waals surface area contributed by atoms with Crippen molar-refractivity contribution in [3.05, 3.63) is 47.1 Å². The molecule has 0 spiro atoms. The van der Waals surface area contributed by atoms with Crippen LogP contribution in [0.1, 0.15) is 32.2 Å². The van der Waals surface area contributed by atoms with Crippen molar-refractivity contribution in [3.63, 3.8) is 0 Å². The maximum atomic E-state index is 11.5. The summed E-state index contributed by atoms with van der Waals surface area (Å²) in [6.07, 6.45) is 0. The molecule has 2 heterocycles. The van der Waals surface area contributed by atoms with Crippen LogP contribution in [0.25, 0.3) is 16.9 Å². The minimum atomic E-state index is -3.70. The van der Waals surface area contributed by atoms with Gasteiger partial charge in [-0.15, -0.1) is 11.3 Å². The van der Waals surface area contributed by atoms with Gasteiger partial charge in [0.2, 0.25) is 10.0 Å². The number of sulfonamides is 1. The zero-order valence-corrected chi connectivity index (χ0v) is 17.7. The van der Waals surface area contributed by atoms with Gasteiger partial charge >= 0.3 is 0 Å². The molecule has 3 aromatic rings. The Morgan fingerprint density at radius 1 is 1.15 bits per heavy atom. The molecule has 3 N–H and O–H groups in total. The van der Waals surface area contributed by atoms with E-state index >= 15 is 0 Å². The van der Waals surface area contributed by atoms with Gasteiger partial charge in [0, 0.05) is 33.6 Å². The molecule has 0 aliphatic carbocycles. The standard InChI is InChI=1S/C19H24N4O2S2/c1-12-10-16(17-11-26-18(21-17)22-19(3,4)5)13(2)23(12)14-6-8-15(9-7-14)27(20,24)25/h6-11H,1-5H3,(H,21,22)(H2,20,24,25). The molecule has 0 fully saturated rings. The van der Waals surface area contributed by atoms with Crippen LogP contribution in [0.15, 0.2) is 40.6 Å². The first kappa shape index (κ1) is 19.6. The first-order valence-corrected chi connectivity index (χ1v) is 10.9. The van der Waals surface area contributed by atoms with Gasteiger partial charge in [-0.05, 0) is 65.0 Å². The Morgan fingerprint density at radius 3 is 2.33 bits per heavy atom. The maximum Gasteiger partial charge on any atom is 0.238 e. The summed E-state index contributed by atoms with van der Waals surface area (Å²) < 4.78 is 25.0. The summed E-state index contributed by atoms with van der Waals surface area (Å²) in [5, 5.41) is 11.5. The first-order valence-electron chi connectivity index (χ1n) is 8.52. The molecule has 1 aromatic carbocycles. The Kier molecular flexibility index (Phi) is 4.92. The quantitative estimate of drug-likeness (QED) is 0.686. The molecule has 144 valence electrons. The largest absolute Gasteiger partial charge is 0.357 e. The van der Waals surface area contributed by atoms with Gasteiger partial charge in [0.15, 0.2) is 5.13 Å². The van der Waals surface area contributed by atoms with E-state index in [1.165, 1.54) is 12.1 Å². The van der Waals surface area contributed by atoms with Crippen molar-refractivity contribution in [2.24, 2.45) is 5.14 Å². The predicted octanol–water partition coefficient (Wildman–Crippen LogP) is 4.08. The number of benzene rings is 1. The molecule has 8 heteroatoms. The van der Waals surface area contributed by atoms with Crippen molar-refractivity contribution in [3.8, 4) is 16.9 Å². The van der Waals surface area contributed by atoms with Crippen molar-refractivity contribution in [2.75, 3.05) is 5.32 Å². The van der Waals surface area contributed by atoms with Gasteiger partial charge in [-0.3, -0.25) is 0 Å². The summed E-state index contributed by atoms with van der Waals surface area (Å²) in [6.45, 7) is 10.4. The number of primary sulfonamides is 1. The van der Waals surface area contributed by atoms with Crippen LogP contribution >= 0.6 is 11.3 Å². The van der Waals surface area contributed by atoms with Gasteiger partial charge in [-0.25, -0.2) is 18.5 Å². The number of aromatic nitrogens is 2. The highest BCUT2D eigenvalue weighted by molar-refractivity contribution is 7.89. The fourth-order valence-corrected chi connectivity index (χ4v) is 4.41. The van der Waals surface area contributed by atoms with Gasteiger partial charge in [0.1, 0.15) is 0 Å². The number of thiazole rings is 1. The lowest BCUT2D eigenvalue weighted by Gasteiger charge is -2.19. The van der Waals surface area contributed by atoms with Crippen LogP contribution in [-0.4, -0.2) is 23.5 Å². The summed E-state index contributed by atoms with van der Waals surface area (Å²) in [5.74, 6) is 0. The third-order valence-corrected chi connectivity index (χ3v) is 5.80. The summed E-state index contributed by atoms with van der Waals surface area (Å²) >= 11 is 1.58. The van der Waals surface area contributed by atoms with Crippen LogP contribution in [0.3, 0.4) is 0 Å². The van der Waals surface area contributed by atoms with Gasteiger partial charge in [-0.1, -0.05) is 0 Å². The molecule has 27 heavy (non-hydrogen) atoms. The van der Waals surface area contributed by atoms with E-state index in [4.69, 9.17) is 10.1 Å². The Bertz CT molecular complexity index is 1070. The lowest BCUT2D eigenvalue weighted by molar-refractivity contribution is 0.598. The zero-order chi connectivity index (χ0) is 20.0. The molecule has 0 atom stereocenters. The second-order valence-electron chi connectivity index (χ2n) is 7.57. The monoisotopic (exact) mass is 404 g/mol. The Morgan fingerprint density at radius 2 is 1.78 bits per heavy atom. The highest BCUT2D eigenvalue weighted by atomic mass is 32.2.